The number of amides is 1. The molecule has 0 aliphatic rings. The number of imidazole rings is 1. The first-order valence-electron chi connectivity index (χ1n) is 8.91. The lowest BCUT2D eigenvalue weighted by molar-refractivity contribution is -0.113. The normalized spacial score (nSPS) is 11.0. The van der Waals surface area contributed by atoms with Gasteiger partial charge in [0, 0.05) is 11.9 Å². The Balaban J connectivity index is 0.00000272. The SMILES string of the molecule is Cl.O=C(CSc1nc2ccccc2[nH]1)Nc1ccc(S(=O)(=O)Nc2ccccn2)cc1. The lowest BCUT2D eigenvalue weighted by Gasteiger charge is -2.08. The van der Waals surface area contributed by atoms with Crippen molar-refractivity contribution in [2.45, 2.75) is 10.1 Å². The number of fused-ring (bicyclic) bond motifs is 1. The van der Waals surface area contributed by atoms with Gasteiger partial charge in [0.05, 0.1) is 21.7 Å². The summed E-state index contributed by atoms with van der Waals surface area (Å²) in [7, 11) is -3.76. The Morgan fingerprint density at radius 1 is 1.00 bits per heavy atom. The van der Waals surface area contributed by atoms with Gasteiger partial charge in [0.25, 0.3) is 10.0 Å². The van der Waals surface area contributed by atoms with Crippen LogP contribution in [0.4, 0.5) is 11.5 Å². The van der Waals surface area contributed by atoms with Crippen molar-refractivity contribution in [3.63, 3.8) is 0 Å². The molecule has 2 aromatic carbocycles. The number of nitrogens with zero attached hydrogens (tertiary/aromatic N) is 2. The molecule has 11 heteroatoms. The summed E-state index contributed by atoms with van der Waals surface area (Å²) in [5.41, 5.74) is 2.26. The van der Waals surface area contributed by atoms with Crippen LogP contribution in [-0.2, 0) is 14.8 Å². The predicted molar refractivity (Wildman–Crippen MR) is 124 cm³/mol. The number of benzene rings is 2. The summed E-state index contributed by atoms with van der Waals surface area (Å²) < 4.78 is 27.2. The Hall–Kier alpha value is -3.08. The molecule has 0 aliphatic heterocycles. The molecular formula is C20H18ClN5O3S2. The summed E-state index contributed by atoms with van der Waals surface area (Å²) in [6.45, 7) is 0. The summed E-state index contributed by atoms with van der Waals surface area (Å²) in [5.74, 6) is 0.182. The third-order valence-electron chi connectivity index (χ3n) is 4.06. The molecule has 160 valence electrons. The highest BCUT2D eigenvalue weighted by atomic mass is 35.5. The van der Waals surface area contributed by atoms with E-state index in [-0.39, 0.29) is 34.8 Å². The van der Waals surface area contributed by atoms with Crippen molar-refractivity contribution in [2.24, 2.45) is 0 Å². The molecule has 0 radical (unpaired) electrons. The number of H-pyrrole nitrogens is 1. The molecule has 0 unspecified atom stereocenters. The highest BCUT2D eigenvalue weighted by Gasteiger charge is 2.15. The van der Waals surface area contributed by atoms with Crippen molar-refractivity contribution >= 4 is 62.6 Å². The number of halogens is 1. The first-order chi connectivity index (χ1) is 14.5. The zero-order valence-corrected chi connectivity index (χ0v) is 18.4. The number of carbonyl (C=O) groups excluding carboxylic acids is 1. The number of aromatic amines is 1. The van der Waals surface area contributed by atoms with Crippen molar-refractivity contribution < 1.29 is 13.2 Å². The average molecular weight is 476 g/mol. The third kappa shape index (κ3) is 5.75. The van der Waals surface area contributed by atoms with Crippen LogP contribution in [0.2, 0.25) is 0 Å². The largest absolute Gasteiger partial charge is 0.333 e. The fourth-order valence-electron chi connectivity index (χ4n) is 2.67. The maximum Gasteiger partial charge on any atom is 0.263 e. The van der Waals surface area contributed by atoms with E-state index in [9.17, 15) is 13.2 Å². The van der Waals surface area contributed by atoms with Crippen LogP contribution in [0.25, 0.3) is 11.0 Å². The van der Waals surface area contributed by atoms with E-state index in [1.54, 1.807) is 18.2 Å². The predicted octanol–water partition coefficient (Wildman–Crippen LogP) is 3.91. The second kappa shape index (κ2) is 9.82. The molecule has 3 N–H and O–H groups in total. The molecule has 2 heterocycles. The zero-order chi connectivity index (χ0) is 21.0. The molecule has 2 aromatic heterocycles. The molecule has 0 saturated carbocycles. The van der Waals surface area contributed by atoms with E-state index in [1.165, 1.54) is 42.2 Å². The number of hydrogen-bond acceptors (Lipinski definition) is 6. The number of hydrogen-bond donors (Lipinski definition) is 3. The van der Waals surface area contributed by atoms with Crippen LogP contribution in [0, 0.1) is 0 Å². The van der Waals surface area contributed by atoms with Crippen molar-refractivity contribution in [2.75, 3.05) is 15.8 Å². The minimum Gasteiger partial charge on any atom is -0.333 e. The number of anilines is 2. The summed E-state index contributed by atoms with van der Waals surface area (Å²) in [6, 6.07) is 18.5. The van der Waals surface area contributed by atoms with Crippen molar-refractivity contribution in [3.8, 4) is 0 Å². The van der Waals surface area contributed by atoms with E-state index in [2.05, 4.69) is 25.0 Å². The molecule has 0 bridgehead atoms. The lowest BCUT2D eigenvalue weighted by atomic mass is 10.3. The highest BCUT2D eigenvalue weighted by molar-refractivity contribution is 7.99. The first-order valence-corrected chi connectivity index (χ1v) is 11.4. The standard InChI is InChI=1S/C20H17N5O3S2.ClH/c26-19(13-29-20-23-16-5-1-2-6-17(16)24-20)22-14-8-10-15(11-9-14)30(27,28)25-18-7-3-4-12-21-18;/h1-12H,13H2,(H,21,25)(H,22,26)(H,23,24);1H. The zero-order valence-electron chi connectivity index (χ0n) is 16.0. The average Bonchev–Trinajstić information content (AvgIpc) is 3.16. The third-order valence-corrected chi connectivity index (χ3v) is 6.30. The van der Waals surface area contributed by atoms with Gasteiger partial charge in [-0.05, 0) is 48.5 Å². The number of nitrogens with one attached hydrogen (secondary N) is 3. The Bertz CT molecular complexity index is 1250. The molecule has 0 spiro atoms. The van der Waals surface area contributed by atoms with Gasteiger partial charge in [-0.25, -0.2) is 18.4 Å². The van der Waals surface area contributed by atoms with Crippen LogP contribution >= 0.6 is 24.2 Å². The van der Waals surface area contributed by atoms with Crippen LogP contribution in [0.5, 0.6) is 0 Å². The minimum absolute atomic E-state index is 0. The quantitative estimate of drug-likeness (QED) is 0.349. The van der Waals surface area contributed by atoms with E-state index in [1.807, 2.05) is 24.3 Å². The molecule has 4 aromatic rings. The van der Waals surface area contributed by atoms with E-state index in [0.29, 0.717) is 10.8 Å². The van der Waals surface area contributed by atoms with Gasteiger partial charge in [-0.2, -0.15) is 0 Å². The van der Waals surface area contributed by atoms with Gasteiger partial charge in [0.1, 0.15) is 5.82 Å². The van der Waals surface area contributed by atoms with Gasteiger partial charge in [-0.1, -0.05) is 30.0 Å². The fraction of sp³-hybridized carbons (Fsp3) is 0.0500. The Morgan fingerprint density at radius 2 is 1.74 bits per heavy atom. The topological polar surface area (TPSA) is 117 Å². The monoisotopic (exact) mass is 475 g/mol. The Morgan fingerprint density at radius 3 is 2.45 bits per heavy atom. The minimum atomic E-state index is -3.76. The van der Waals surface area contributed by atoms with Gasteiger partial charge >= 0.3 is 0 Å². The van der Waals surface area contributed by atoms with Crippen molar-refractivity contribution in [3.05, 3.63) is 72.9 Å². The van der Waals surface area contributed by atoms with Gasteiger partial charge < -0.3 is 10.3 Å². The molecule has 1 amide bonds. The van der Waals surface area contributed by atoms with E-state index in [0.717, 1.165) is 11.0 Å². The summed E-state index contributed by atoms with van der Waals surface area (Å²) in [5, 5.41) is 3.41. The number of pyridine rings is 1. The van der Waals surface area contributed by atoms with Crippen LogP contribution in [0.1, 0.15) is 0 Å². The van der Waals surface area contributed by atoms with Crippen molar-refractivity contribution in [1.82, 2.24) is 15.0 Å². The number of para-hydroxylation sites is 2. The lowest BCUT2D eigenvalue weighted by Crippen LogP contribution is -2.15. The second-order valence-corrected chi connectivity index (χ2v) is 8.89. The maximum atomic E-state index is 12.4. The molecule has 4 rings (SSSR count). The first kappa shape index (κ1) is 22.6. The number of aromatic nitrogens is 3. The molecule has 31 heavy (non-hydrogen) atoms. The number of thioether (sulfide) groups is 1. The molecule has 8 nitrogen and oxygen atoms in total. The van der Waals surface area contributed by atoms with Crippen molar-refractivity contribution in [1.29, 1.82) is 0 Å². The molecule has 0 fully saturated rings. The molecule has 0 saturated heterocycles. The highest BCUT2D eigenvalue weighted by Crippen LogP contribution is 2.20. The number of sulfonamides is 1. The van der Waals surface area contributed by atoms with Crippen LogP contribution in [0.3, 0.4) is 0 Å². The van der Waals surface area contributed by atoms with Gasteiger partial charge in [-0.3, -0.25) is 9.52 Å². The van der Waals surface area contributed by atoms with E-state index < -0.39 is 10.0 Å². The second-order valence-electron chi connectivity index (χ2n) is 6.24. The smallest absolute Gasteiger partial charge is 0.263 e. The van der Waals surface area contributed by atoms with Gasteiger partial charge in [0.2, 0.25) is 5.91 Å². The molecular weight excluding hydrogens is 458 g/mol. The number of rotatable bonds is 7. The number of carbonyl (C=O) groups is 1. The van der Waals surface area contributed by atoms with E-state index >= 15 is 0 Å². The van der Waals surface area contributed by atoms with E-state index in [4.69, 9.17) is 0 Å². The van der Waals surface area contributed by atoms with Crippen LogP contribution < -0.4 is 10.0 Å². The Labute approximate surface area is 189 Å². The van der Waals surface area contributed by atoms with Crippen LogP contribution in [-0.4, -0.2) is 35.0 Å². The van der Waals surface area contributed by atoms with Gasteiger partial charge in [0.15, 0.2) is 5.16 Å². The van der Waals surface area contributed by atoms with Gasteiger partial charge in [-0.15, -0.1) is 12.4 Å². The summed E-state index contributed by atoms with van der Waals surface area (Å²) >= 11 is 1.29. The molecule has 0 atom stereocenters. The summed E-state index contributed by atoms with van der Waals surface area (Å²) in [6.07, 6.45) is 1.50. The summed E-state index contributed by atoms with van der Waals surface area (Å²) in [4.78, 5) is 23.8. The molecule has 0 aliphatic carbocycles. The maximum absolute atomic E-state index is 12.4. The Kier molecular flexibility index (Phi) is 7.16. The fourth-order valence-corrected chi connectivity index (χ4v) is 4.36. The van der Waals surface area contributed by atoms with Crippen LogP contribution in [0.15, 0.2) is 83.0 Å².